The Labute approximate surface area is 191 Å². The number of nitrogens with zero attached hydrogens (tertiary/aromatic N) is 6. The van der Waals surface area contributed by atoms with Gasteiger partial charge >= 0.3 is 0 Å². The molecule has 172 valence electrons. The largest absolute Gasteiger partial charge is 0.344 e. The molecule has 0 saturated carbocycles. The van der Waals surface area contributed by atoms with Crippen molar-refractivity contribution in [3.8, 4) is 17.5 Å². The lowest BCUT2D eigenvalue weighted by molar-refractivity contribution is -0.137. The SMILES string of the molecule is C[C@@H](NC(=O)c1c[nH]c2ncc(-c3nn(C)c4cc(F)cc(F)c34)nc12)C(=O)N1CC(C#N)C1. The van der Waals surface area contributed by atoms with Crippen molar-refractivity contribution in [1.82, 2.24) is 34.9 Å². The lowest BCUT2D eigenvalue weighted by atomic mass is 10.0. The highest BCUT2D eigenvalue weighted by Crippen LogP contribution is 2.30. The molecule has 1 aromatic carbocycles. The van der Waals surface area contributed by atoms with Crippen LogP contribution in [0.1, 0.15) is 17.3 Å². The minimum Gasteiger partial charge on any atom is -0.344 e. The van der Waals surface area contributed by atoms with Crippen LogP contribution in [0.5, 0.6) is 0 Å². The number of fused-ring (bicyclic) bond motifs is 2. The number of amides is 2. The Morgan fingerprint density at radius 3 is 2.82 bits per heavy atom. The molecule has 0 unspecified atom stereocenters. The Morgan fingerprint density at radius 1 is 1.32 bits per heavy atom. The van der Waals surface area contributed by atoms with E-state index in [4.69, 9.17) is 5.26 Å². The number of H-pyrrole nitrogens is 1. The molecule has 2 amide bonds. The number of nitriles is 1. The quantitative estimate of drug-likeness (QED) is 0.474. The summed E-state index contributed by atoms with van der Waals surface area (Å²) in [6.45, 7) is 2.25. The molecule has 12 heteroatoms. The number of aromatic amines is 1. The van der Waals surface area contributed by atoms with E-state index in [1.54, 1.807) is 14.0 Å². The Kier molecular flexibility index (Phi) is 4.97. The van der Waals surface area contributed by atoms with Crippen LogP contribution >= 0.6 is 0 Å². The number of nitrogens with one attached hydrogen (secondary N) is 2. The van der Waals surface area contributed by atoms with E-state index in [1.807, 2.05) is 0 Å². The molecule has 1 fully saturated rings. The third-order valence-electron chi connectivity index (χ3n) is 5.83. The van der Waals surface area contributed by atoms with Crippen LogP contribution in [0.3, 0.4) is 0 Å². The van der Waals surface area contributed by atoms with Crippen LogP contribution in [0.15, 0.2) is 24.5 Å². The van der Waals surface area contributed by atoms with Crippen molar-refractivity contribution in [2.24, 2.45) is 13.0 Å². The van der Waals surface area contributed by atoms with Gasteiger partial charge < -0.3 is 15.2 Å². The number of carbonyl (C=O) groups excluding carboxylic acids is 2. The Hall–Kier alpha value is -4.40. The van der Waals surface area contributed by atoms with E-state index < -0.39 is 23.6 Å². The predicted molar refractivity (Wildman–Crippen MR) is 116 cm³/mol. The summed E-state index contributed by atoms with van der Waals surface area (Å²) in [4.78, 5) is 38.5. The second-order valence-corrected chi connectivity index (χ2v) is 8.17. The van der Waals surface area contributed by atoms with Crippen LogP contribution in [0.4, 0.5) is 8.78 Å². The third-order valence-corrected chi connectivity index (χ3v) is 5.83. The molecular weight excluding hydrogens is 446 g/mol. The van der Waals surface area contributed by atoms with Crippen molar-refractivity contribution in [1.29, 1.82) is 5.26 Å². The molecule has 34 heavy (non-hydrogen) atoms. The summed E-state index contributed by atoms with van der Waals surface area (Å²) in [5.41, 5.74) is 1.28. The smallest absolute Gasteiger partial charge is 0.255 e. The molecule has 5 rings (SSSR count). The molecule has 10 nitrogen and oxygen atoms in total. The van der Waals surface area contributed by atoms with Gasteiger partial charge in [-0.3, -0.25) is 14.3 Å². The lowest BCUT2D eigenvalue weighted by Gasteiger charge is -2.37. The minimum atomic E-state index is -0.808. The summed E-state index contributed by atoms with van der Waals surface area (Å²) in [5.74, 6) is -2.53. The fourth-order valence-corrected chi connectivity index (χ4v) is 4.01. The Morgan fingerprint density at radius 2 is 2.09 bits per heavy atom. The predicted octanol–water partition coefficient (Wildman–Crippen LogP) is 1.89. The number of rotatable bonds is 4. The van der Waals surface area contributed by atoms with E-state index in [0.717, 1.165) is 6.07 Å². The molecule has 0 aliphatic carbocycles. The molecule has 0 spiro atoms. The maximum atomic E-state index is 14.6. The molecule has 4 aromatic rings. The van der Waals surface area contributed by atoms with Crippen LogP contribution in [-0.4, -0.2) is 60.6 Å². The lowest BCUT2D eigenvalue weighted by Crippen LogP contribution is -2.55. The number of halogens is 2. The van der Waals surface area contributed by atoms with E-state index in [-0.39, 0.29) is 45.2 Å². The van der Waals surface area contributed by atoms with Crippen molar-refractivity contribution < 1.29 is 18.4 Å². The third kappa shape index (κ3) is 3.42. The Balaban J connectivity index is 1.45. The van der Waals surface area contributed by atoms with Crippen LogP contribution in [0, 0.1) is 28.9 Å². The first-order valence-corrected chi connectivity index (χ1v) is 10.4. The standard InChI is InChI=1S/C22H18F2N8O2/c1-10(22(34)32-8-11(5-25)9-32)28-21(33)13-6-26-20-18(13)29-15(7-27-20)19-17-14(24)3-12(23)4-16(17)31(2)30-19/h3-4,6-7,10-11H,8-9H2,1-2H3,(H,26,27)(H,28,33)/t10-/m1/s1. The summed E-state index contributed by atoms with van der Waals surface area (Å²) in [5, 5.41) is 15.9. The van der Waals surface area contributed by atoms with Crippen molar-refractivity contribution in [2.75, 3.05) is 13.1 Å². The Bertz CT molecular complexity index is 1510. The zero-order valence-electron chi connectivity index (χ0n) is 18.1. The van der Waals surface area contributed by atoms with Gasteiger partial charge in [-0.1, -0.05) is 0 Å². The fourth-order valence-electron chi connectivity index (χ4n) is 4.01. The van der Waals surface area contributed by atoms with Gasteiger partial charge in [0.2, 0.25) is 5.91 Å². The number of carbonyl (C=O) groups is 2. The molecule has 0 bridgehead atoms. The van der Waals surface area contributed by atoms with E-state index in [2.05, 4.69) is 31.4 Å². The first-order chi connectivity index (χ1) is 16.3. The first-order valence-electron chi connectivity index (χ1n) is 10.4. The monoisotopic (exact) mass is 464 g/mol. The van der Waals surface area contributed by atoms with Gasteiger partial charge in [-0.25, -0.2) is 18.7 Å². The topological polar surface area (TPSA) is 133 Å². The van der Waals surface area contributed by atoms with Gasteiger partial charge in [0.05, 0.1) is 34.7 Å². The van der Waals surface area contributed by atoms with Crippen molar-refractivity contribution in [3.05, 3.63) is 41.7 Å². The van der Waals surface area contributed by atoms with Gasteiger partial charge in [-0.2, -0.15) is 10.4 Å². The number of benzene rings is 1. The van der Waals surface area contributed by atoms with Crippen LogP contribution in [0.25, 0.3) is 33.5 Å². The second-order valence-electron chi connectivity index (χ2n) is 8.17. The average Bonchev–Trinajstić information content (AvgIpc) is 3.33. The first kappa shape index (κ1) is 21.4. The summed E-state index contributed by atoms with van der Waals surface area (Å²) >= 11 is 0. The summed E-state index contributed by atoms with van der Waals surface area (Å²) in [6.07, 6.45) is 2.80. The van der Waals surface area contributed by atoms with Gasteiger partial charge in [0.25, 0.3) is 5.91 Å². The van der Waals surface area contributed by atoms with Gasteiger partial charge in [-0.05, 0) is 13.0 Å². The van der Waals surface area contributed by atoms with Gasteiger partial charge in [0.15, 0.2) is 5.65 Å². The average molecular weight is 464 g/mol. The highest BCUT2D eigenvalue weighted by molar-refractivity contribution is 6.06. The zero-order chi connectivity index (χ0) is 24.1. The van der Waals surface area contributed by atoms with Crippen molar-refractivity contribution in [2.45, 2.75) is 13.0 Å². The maximum absolute atomic E-state index is 14.6. The van der Waals surface area contributed by atoms with Crippen molar-refractivity contribution in [3.63, 3.8) is 0 Å². The highest BCUT2D eigenvalue weighted by Gasteiger charge is 2.33. The molecule has 1 aliphatic heterocycles. The van der Waals surface area contributed by atoms with Crippen LogP contribution in [-0.2, 0) is 11.8 Å². The van der Waals surface area contributed by atoms with Gasteiger partial charge in [0, 0.05) is 32.4 Å². The number of aromatic nitrogens is 5. The van der Waals surface area contributed by atoms with Gasteiger partial charge in [-0.15, -0.1) is 0 Å². The van der Waals surface area contributed by atoms with Gasteiger partial charge in [0.1, 0.15) is 34.6 Å². The molecule has 2 N–H and O–H groups in total. The van der Waals surface area contributed by atoms with Crippen molar-refractivity contribution >= 4 is 33.9 Å². The van der Waals surface area contributed by atoms with E-state index in [1.165, 1.54) is 28.0 Å². The van der Waals surface area contributed by atoms with E-state index >= 15 is 0 Å². The second kappa shape index (κ2) is 7.87. The normalized spacial score (nSPS) is 14.7. The maximum Gasteiger partial charge on any atom is 0.255 e. The number of aryl methyl sites for hydroxylation is 1. The summed E-state index contributed by atoms with van der Waals surface area (Å²) < 4.78 is 29.6. The summed E-state index contributed by atoms with van der Waals surface area (Å²) in [7, 11) is 1.56. The minimum absolute atomic E-state index is 0.0866. The highest BCUT2D eigenvalue weighted by atomic mass is 19.1. The molecular formula is C22H18F2N8O2. The molecule has 1 aliphatic rings. The zero-order valence-corrected chi connectivity index (χ0v) is 18.1. The molecule has 0 radical (unpaired) electrons. The fraction of sp³-hybridized carbons (Fsp3) is 0.273. The molecule has 4 heterocycles. The van der Waals surface area contributed by atoms with Crippen LogP contribution in [0.2, 0.25) is 0 Å². The number of hydrogen-bond acceptors (Lipinski definition) is 6. The molecule has 1 saturated heterocycles. The number of hydrogen-bond donors (Lipinski definition) is 2. The molecule has 3 aromatic heterocycles. The molecule has 1 atom stereocenters. The van der Waals surface area contributed by atoms with E-state index in [9.17, 15) is 18.4 Å². The van der Waals surface area contributed by atoms with Crippen LogP contribution < -0.4 is 5.32 Å². The number of likely N-dealkylation sites (tertiary alicyclic amines) is 1. The van der Waals surface area contributed by atoms with E-state index in [0.29, 0.717) is 18.7 Å². The summed E-state index contributed by atoms with van der Waals surface area (Å²) in [6, 6.07) is 3.23.